The van der Waals surface area contributed by atoms with Crippen molar-refractivity contribution in [3.63, 3.8) is 0 Å². The van der Waals surface area contributed by atoms with Crippen LogP contribution in [0.5, 0.6) is 0 Å². The van der Waals surface area contributed by atoms with E-state index in [1.54, 1.807) is 17.2 Å². The van der Waals surface area contributed by atoms with Crippen LogP contribution < -0.4 is 0 Å². The molecule has 0 fully saturated rings. The van der Waals surface area contributed by atoms with Gasteiger partial charge in [0.2, 0.25) is 0 Å². The number of aromatic nitrogens is 1. The predicted octanol–water partition coefficient (Wildman–Crippen LogP) is 4.49. The summed E-state index contributed by atoms with van der Waals surface area (Å²) in [5.74, 6) is -0.193. The largest absolute Gasteiger partial charge is 0.318 e. The van der Waals surface area contributed by atoms with E-state index in [0.29, 0.717) is 10.7 Å². The first-order chi connectivity index (χ1) is 12.9. The first-order valence-electron chi connectivity index (χ1n) is 8.69. The zero-order valence-electron chi connectivity index (χ0n) is 15.7. The van der Waals surface area contributed by atoms with Gasteiger partial charge in [-0.15, -0.1) is 0 Å². The maximum atomic E-state index is 12.4. The van der Waals surface area contributed by atoms with Crippen LogP contribution in [0.4, 0.5) is 0 Å². The maximum absolute atomic E-state index is 12.4. The van der Waals surface area contributed by atoms with Gasteiger partial charge in [-0.25, -0.2) is 0 Å². The number of aryl methyl sites for hydroxylation is 3. The number of nitrogens with one attached hydrogen (secondary N) is 1. The first-order valence-corrected chi connectivity index (χ1v) is 9.57. The number of hydrogen-bond acceptors (Lipinski definition) is 3. The monoisotopic (exact) mass is 376 g/mol. The molecular formula is C21H20N4OS. The lowest BCUT2D eigenvalue weighted by atomic mass is 10.1. The summed E-state index contributed by atoms with van der Waals surface area (Å²) in [5, 5.41) is 10.8. The Kier molecular flexibility index (Phi) is 4.15. The fourth-order valence-electron chi connectivity index (χ4n) is 3.55. The molecule has 27 heavy (non-hydrogen) atoms. The molecule has 2 aromatic rings. The van der Waals surface area contributed by atoms with E-state index in [-0.39, 0.29) is 11.7 Å². The molecule has 5 nitrogen and oxygen atoms in total. The first kappa shape index (κ1) is 17.5. The molecule has 4 rings (SSSR count). The average molecular weight is 376 g/mol. The SMILES string of the molecule is Cc1ccc(-n2c(C)cc(/C=C3\C(=N)N4C=CSC4=NC3=O)c2C)c(C)c1. The zero-order chi connectivity index (χ0) is 19.3. The fourth-order valence-corrected chi connectivity index (χ4v) is 4.25. The molecule has 2 aliphatic rings. The van der Waals surface area contributed by atoms with Gasteiger partial charge in [-0.05, 0) is 62.4 Å². The Labute approximate surface area is 162 Å². The van der Waals surface area contributed by atoms with Gasteiger partial charge in [0.1, 0.15) is 5.84 Å². The summed E-state index contributed by atoms with van der Waals surface area (Å²) in [5.41, 5.74) is 6.92. The lowest BCUT2D eigenvalue weighted by molar-refractivity contribution is -0.114. The van der Waals surface area contributed by atoms with Crippen LogP contribution in [-0.2, 0) is 4.79 Å². The van der Waals surface area contributed by atoms with Gasteiger partial charge in [0.05, 0.1) is 5.57 Å². The van der Waals surface area contributed by atoms with Crippen LogP contribution >= 0.6 is 11.8 Å². The number of amides is 1. The topological polar surface area (TPSA) is 61.5 Å². The van der Waals surface area contributed by atoms with Gasteiger partial charge in [-0.3, -0.25) is 15.1 Å². The molecular weight excluding hydrogens is 356 g/mol. The Morgan fingerprint density at radius 2 is 1.93 bits per heavy atom. The van der Waals surface area contributed by atoms with E-state index >= 15 is 0 Å². The van der Waals surface area contributed by atoms with Gasteiger partial charge >= 0.3 is 0 Å². The zero-order valence-corrected chi connectivity index (χ0v) is 16.5. The number of carbonyl (C=O) groups excluding carboxylic acids is 1. The Morgan fingerprint density at radius 3 is 2.67 bits per heavy atom. The van der Waals surface area contributed by atoms with Crippen molar-refractivity contribution in [2.24, 2.45) is 4.99 Å². The second-order valence-electron chi connectivity index (χ2n) is 6.83. The van der Waals surface area contributed by atoms with E-state index in [9.17, 15) is 4.79 Å². The number of benzene rings is 1. The third-order valence-corrected chi connectivity index (χ3v) is 5.63. The van der Waals surface area contributed by atoms with Crippen LogP contribution in [0.2, 0.25) is 0 Å². The molecule has 0 saturated carbocycles. The molecule has 1 aromatic carbocycles. The molecule has 1 N–H and O–H groups in total. The molecule has 0 saturated heterocycles. The molecule has 0 radical (unpaired) electrons. The van der Waals surface area contributed by atoms with Crippen LogP contribution in [0, 0.1) is 33.1 Å². The minimum atomic E-state index is -0.362. The highest BCUT2D eigenvalue weighted by Gasteiger charge is 2.31. The summed E-state index contributed by atoms with van der Waals surface area (Å²) in [7, 11) is 0. The molecule has 1 aromatic heterocycles. The standard InChI is InChI=1S/C21H20N4OS/c1-12-5-6-18(13(2)9-12)25-14(3)10-16(15(25)4)11-17-19(22)24-7-8-27-21(24)23-20(17)26/h5-11,22H,1-4H3/b17-11+,22-19?. The Morgan fingerprint density at radius 1 is 1.15 bits per heavy atom. The molecule has 1 amide bonds. The molecule has 0 unspecified atom stereocenters. The normalized spacial score (nSPS) is 17.7. The number of amidine groups is 2. The van der Waals surface area contributed by atoms with Gasteiger partial charge in [-0.1, -0.05) is 29.5 Å². The highest BCUT2D eigenvalue weighted by Crippen LogP contribution is 2.29. The number of carbonyl (C=O) groups is 1. The molecule has 0 aliphatic carbocycles. The molecule has 0 atom stereocenters. The van der Waals surface area contributed by atoms with Crippen molar-refractivity contribution in [2.75, 3.05) is 0 Å². The molecule has 6 heteroatoms. The van der Waals surface area contributed by atoms with Crippen molar-refractivity contribution in [2.45, 2.75) is 27.7 Å². The summed E-state index contributed by atoms with van der Waals surface area (Å²) in [6.07, 6.45) is 3.55. The molecule has 136 valence electrons. The third-order valence-electron chi connectivity index (χ3n) is 4.88. The summed E-state index contributed by atoms with van der Waals surface area (Å²) >= 11 is 1.35. The van der Waals surface area contributed by atoms with Crippen molar-refractivity contribution >= 4 is 34.7 Å². The van der Waals surface area contributed by atoms with Crippen molar-refractivity contribution in [1.82, 2.24) is 9.47 Å². The smallest absolute Gasteiger partial charge is 0.283 e. The van der Waals surface area contributed by atoms with Crippen molar-refractivity contribution in [1.29, 1.82) is 5.41 Å². The van der Waals surface area contributed by atoms with E-state index in [4.69, 9.17) is 5.41 Å². The highest BCUT2D eigenvalue weighted by molar-refractivity contribution is 8.16. The number of nitrogens with zero attached hydrogens (tertiary/aromatic N) is 3. The van der Waals surface area contributed by atoms with Crippen molar-refractivity contribution < 1.29 is 4.79 Å². The molecule has 2 aliphatic heterocycles. The second kappa shape index (κ2) is 6.39. The van der Waals surface area contributed by atoms with Crippen molar-refractivity contribution in [3.05, 3.63) is 69.5 Å². The Balaban J connectivity index is 1.80. The van der Waals surface area contributed by atoms with Crippen molar-refractivity contribution in [3.8, 4) is 5.69 Å². The van der Waals surface area contributed by atoms with Gasteiger partial charge in [0, 0.05) is 23.3 Å². The van der Waals surface area contributed by atoms with Gasteiger partial charge < -0.3 is 4.57 Å². The fraction of sp³-hybridized carbons (Fsp3) is 0.190. The lowest BCUT2D eigenvalue weighted by Gasteiger charge is -2.22. The number of rotatable bonds is 2. The van der Waals surface area contributed by atoms with Crippen LogP contribution in [0.15, 0.2) is 46.4 Å². The van der Waals surface area contributed by atoms with Crippen LogP contribution in [0.25, 0.3) is 11.8 Å². The summed E-state index contributed by atoms with van der Waals surface area (Å²) in [6, 6.07) is 8.45. The van der Waals surface area contributed by atoms with E-state index in [0.717, 1.165) is 22.6 Å². The number of thioether (sulfide) groups is 1. The number of hydrogen-bond donors (Lipinski definition) is 1. The van der Waals surface area contributed by atoms with E-state index < -0.39 is 0 Å². The summed E-state index contributed by atoms with van der Waals surface area (Å²) < 4.78 is 2.19. The third kappa shape index (κ3) is 2.86. The average Bonchev–Trinajstić information content (AvgIpc) is 3.17. The van der Waals surface area contributed by atoms with E-state index in [2.05, 4.69) is 54.6 Å². The number of aliphatic imine (C=N–C) groups is 1. The van der Waals surface area contributed by atoms with E-state index in [1.165, 1.54) is 22.9 Å². The lowest BCUT2D eigenvalue weighted by Crippen LogP contribution is -2.35. The minimum absolute atomic E-state index is 0.169. The van der Waals surface area contributed by atoms with Crippen LogP contribution in [0.1, 0.15) is 28.1 Å². The van der Waals surface area contributed by atoms with Crippen LogP contribution in [0.3, 0.4) is 0 Å². The van der Waals surface area contributed by atoms with Gasteiger partial charge in [0.15, 0.2) is 5.17 Å². The number of fused-ring (bicyclic) bond motifs is 1. The maximum Gasteiger partial charge on any atom is 0.283 e. The Hall–Kier alpha value is -2.86. The molecule has 0 bridgehead atoms. The second-order valence-corrected chi connectivity index (χ2v) is 7.70. The van der Waals surface area contributed by atoms with Gasteiger partial charge in [0.25, 0.3) is 5.91 Å². The Bertz CT molecular complexity index is 1090. The summed E-state index contributed by atoms with van der Waals surface area (Å²) in [6.45, 7) is 8.28. The van der Waals surface area contributed by atoms with E-state index in [1.807, 2.05) is 12.3 Å². The highest BCUT2D eigenvalue weighted by atomic mass is 32.2. The molecule has 0 spiro atoms. The minimum Gasteiger partial charge on any atom is -0.318 e. The van der Waals surface area contributed by atoms with Gasteiger partial charge in [-0.2, -0.15) is 4.99 Å². The molecule has 3 heterocycles. The quantitative estimate of drug-likeness (QED) is 0.786. The summed E-state index contributed by atoms with van der Waals surface area (Å²) in [4.78, 5) is 18.2. The predicted molar refractivity (Wildman–Crippen MR) is 111 cm³/mol. The van der Waals surface area contributed by atoms with Crippen LogP contribution in [-0.4, -0.2) is 26.4 Å².